The predicted octanol–water partition coefficient (Wildman–Crippen LogP) is 1.86. The van der Waals surface area contributed by atoms with Gasteiger partial charge in [0.05, 0.1) is 0 Å². The third kappa shape index (κ3) is 3.65. The van der Waals surface area contributed by atoms with Crippen LogP contribution < -0.4 is 4.72 Å². The maximum atomic E-state index is 12.0. The Labute approximate surface area is 117 Å². The van der Waals surface area contributed by atoms with Crippen molar-refractivity contribution in [2.24, 2.45) is 0 Å². The Bertz CT molecular complexity index is 643. The summed E-state index contributed by atoms with van der Waals surface area (Å²) in [7, 11) is -3.38. The zero-order valence-electron chi connectivity index (χ0n) is 10.9. The molecule has 0 amide bonds. The minimum absolute atomic E-state index is 0.364. The van der Waals surface area contributed by atoms with E-state index in [9.17, 15) is 8.42 Å². The molecule has 0 unspecified atom stereocenters. The van der Waals surface area contributed by atoms with Crippen LogP contribution in [0.3, 0.4) is 0 Å². The van der Waals surface area contributed by atoms with E-state index in [0.29, 0.717) is 17.2 Å². The summed E-state index contributed by atoms with van der Waals surface area (Å²) >= 11 is 1.32. The smallest absolute Gasteiger partial charge is 0.250 e. The highest BCUT2D eigenvalue weighted by Gasteiger charge is 2.15. The Morgan fingerprint density at radius 3 is 2.79 bits per heavy atom. The van der Waals surface area contributed by atoms with Crippen molar-refractivity contribution in [3.05, 3.63) is 34.7 Å². The van der Waals surface area contributed by atoms with Crippen molar-refractivity contribution in [3.63, 3.8) is 0 Å². The molecule has 0 aliphatic rings. The van der Waals surface area contributed by atoms with E-state index in [2.05, 4.69) is 14.7 Å². The number of aryl methyl sites for hydroxylation is 2. The van der Waals surface area contributed by atoms with Gasteiger partial charge in [0.1, 0.15) is 10.0 Å². The molecule has 0 saturated heterocycles. The number of thiophene rings is 1. The lowest BCUT2D eigenvalue weighted by atomic mass is 10.3. The Hall–Kier alpha value is -1.18. The van der Waals surface area contributed by atoms with Crippen LogP contribution in [-0.2, 0) is 22.9 Å². The van der Waals surface area contributed by atoms with Gasteiger partial charge >= 0.3 is 0 Å². The summed E-state index contributed by atoms with van der Waals surface area (Å²) in [6, 6.07) is 3.52. The number of hydrogen-bond donors (Lipinski definition) is 2. The Morgan fingerprint density at radius 2 is 2.21 bits per heavy atom. The molecule has 0 aliphatic heterocycles. The monoisotopic (exact) mass is 299 g/mol. The molecule has 5 nitrogen and oxygen atoms in total. The topological polar surface area (TPSA) is 74.8 Å². The van der Waals surface area contributed by atoms with Crippen molar-refractivity contribution in [2.75, 3.05) is 6.54 Å². The summed E-state index contributed by atoms with van der Waals surface area (Å²) in [6.07, 6.45) is 3.18. The molecule has 0 aromatic carbocycles. The van der Waals surface area contributed by atoms with Crippen LogP contribution >= 0.6 is 11.3 Å². The average Bonchev–Trinajstić information content (AvgIpc) is 2.98. The number of imidazole rings is 1. The van der Waals surface area contributed by atoms with E-state index in [1.807, 2.05) is 19.9 Å². The summed E-state index contributed by atoms with van der Waals surface area (Å²) in [5.74, 6) is 0.837. The van der Waals surface area contributed by atoms with Gasteiger partial charge in [-0.2, -0.15) is 0 Å². The van der Waals surface area contributed by atoms with E-state index in [4.69, 9.17) is 0 Å². The zero-order chi connectivity index (χ0) is 13.9. The molecule has 0 atom stereocenters. The van der Waals surface area contributed by atoms with Gasteiger partial charge in [0.25, 0.3) is 0 Å². The second-order valence-corrected chi connectivity index (χ2v) is 7.38. The first-order valence-corrected chi connectivity index (χ1v) is 8.40. The number of rotatable bonds is 6. The van der Waals surface area contributed by atoms with E-state index in [1.165, 1.54) is 11.3 Å². The first kappa shape index (κ1) is 14.2. The van der Waals surface area contributed by atoms with Gasteiger partial charge in [-0.25, -0.2) is 18.1 Å². The molecule has 2 N–H and O–H groups in total. The van der Waals surface area contributed by atoms with Crippen LogP contribution in [0.5, 0.6) is 0 Å². The lowest BCUT2D eigenvalue weighted by Gasteiger charge is -2.03. The highest BCUT2D eigenvalue weighted by molar-refractivity contribution is 7.91. The molecule has 0 spiro atoms. The largest absolute Gasteiger partial charge is 0.346 e. The van der Waals surface area contributed by atoms with Gasteiger partial charge in [-0.3, -0.25) is 0 Å². The molecule has 0 fully saturated rings. The molecule has 0 saturated carbocycles. The Kier molecular flexibility index (Phi) is 4.38. The van der Waals surface area contributed by atoms with E-state index < -0.39 is 10.0 Å². The Balaban J connectivity index is 1.94. The molecule has 2 aromatic rings. The summed E-state index contributed by atoms with van der Waals surface area (Å²) in [6.45, 7) is 4.24. The second kappa shape index (κ2) is 5.85. The number of hydrogen-bond acceptors (Lipinski definition) is 4. The number of aromatic amines is 1. The highest BCUT2D eigenvalue weighted by Crippen LogP contribution is 2.21. The van der Waals surface area contributed by atoms with Gasteiger partial charge in [-0.05, 0) is 25.5 Å². The molecule has 104 valence electrons. The van der Waals surface area contributed by atoms with E-state index in [0.717, 1.165) is 22.8 Å². The van der Waals surface area contributed by atoms with Gasteiger partial charge < -0.3 is 4.98 Å². The van der Waals surface area contributed by atoms with Crippen molar-refractivity contribution in [1.82, 2.24) is 14.7 Å². The summed E-state index contributed by atoms with van der Waals surface area (Å²) in [5.41, 5.74) is 0.931. The normalized spacial score (nSPS) is 11.9. The number of nitrogens with one attached hydrogen (secondary N) is 2. The first-order valence-electron chi connectivity index (χ1n) is 6.10. The fourth-order valence-corrected chi connectivity index (χ4v) is 4.05. The number of aromatic nitrogens is 2. The van der Waals surface area contributed by atoms with Gasteiger partial charge in [0.15, 0.2) is 0 Å². The van der Waals surface area contributed by atoms with Crippen LogP contribution in [0.25, 0.3) is 0 Å². The fourth-order valence-electron chi connectivity index (χ4n) is 1.68. The molecule has 2 heterocycles. The van der Waals surface area contributed by atoms with Crippen molar-refractivity contribution in [2.45, 2.75) is 30.9 Å². The van der Waals surface area contributed by atoms with E-state index in [-0.39, 0.29) is 0 Å². The molecule has 7 heteroatoms. The standard InChI is InChI=1S/C12H17N3O2S2/c1-3-11-4-5-12(18-11)19(16,17)14-7-6-10-8-13-9(2)15-10/h4-5,8,14H,3,6-7H2,1-2H3,(H,13,15). The van der Waals surface area contributed by atoms with Crippen LogP contribution in [-0.4, -0.2) is 24.9 Å². The van der Waals surface area contributed by atoms with Crippen molar-refractivity contribution in [1.29, 1.82) is 0 Å². The van der Waals surface area contributed by atoms with Crippen molar-refractivity contribution in [3.8, 4) is 0 Å². The summed E-state index contributed by atoms with van der Waals surface area (Å²) in [5, 5.41) is 0. The van der Waals surface area contributed by atoms with Gasteiger partial charge in [-0.1, -0.05) is 6.92 Å². The number of sulfonamides is 1. The molecule has 2 aromatic heterocycles. The van der Waals surface area contributed by atoms with Crippen LogP contribution in [0.4, 0.5) is 0 Å². The number of nitrogens with zero attached hydrogens (tertiary/aromatic N) is 1. The summed E-state index contributed by atoms with van der Waals surface area (Å²) in [4.78, 5) is 8.22. The maximum absolute atomic E-state index is 12.0. The van der Waals surface area contributed by atoms with Gasteiger partial charge in [-0.15, -0.1) is 11.3 Å². The lowest BCUT2D eigenvalue weighted by Crippen LogP contribution is -2.25. The average molecular weight is 299 g/mol. The third-order valence-electron chi connectivity index (χ3n) is 2.69. The summed E-state index contributed by atoms with van der Waals surface area (Å²) < 4.78 is 27.0. The molecular weight excluding hydrogens is 282 g/mol. The predicted molar refractivity (Wildman–Crippen MR) is 75.9 cm³/mol. The van der Waals surface area contributed by atoms with E-state index in [1.54, 1.807) is 12.3 Å². The zero-order valence-corrected chi connectivity index (χ0v) is 12.6. The Morgan fingerprint density at radius 1 is 1.42 bits per heavy atom. The van der Waals surface area contributed by atoms with Gasteiger partial charge in [0, 0.05) is 29.7 Å². The molecular formula is C12H17N3O2S2. The van der Waals surface area contributed by atoms with Gasteiger partial charge in [0.2, 0.25) is 10.0 Å². The SMILES string of the molecule is CCc1ccc(S(=O)(=O)NCCc2cnc(C)[nH]2)s1. The minimum Gasteiger partial charge on any atom is -0.346 e. The second-order valence-electron chi connectivity index (χ2n) is 4.22. The third-order valence-corrected chi connectivity index (χ3v) is 5.87. The minimum atomic E-state index is -3.38. The fraction of sp³-hybridized carbons (Fsp3) is 0.417. The first-order chi connectivity index (χ1) is 9.01. The molecule has 2 rings (SSSR count). The van der Waals surface area contributed by atoms with E-state index >= 15 is 0 Å². The van der Waals surface area contributed by atoms with Crippen LogP contribution in [0.1, 0.15) is 23.3 Å². The van der Waals surface area contributed by atoms with Crippen LogP contribution in [0.15, 0.2) is 22.5 Å². The van der Waals surface area contributed by atoms with Crippen LogP contribution in [0.2, 0.25) is 0 Å². The number of H-pyrrole nitrogens is 1. The lowest BCUT2D eigenvalue weighted by molar-refractivity contribution is 0.583. The van der Waals surface area contributed by atoms with Crippen molar-refractivity contribution >= 4 is 21.4 Å². The van der Waals surface area contributed by atoms with Crippen LogP contribution in [0, 0.1) is 6.92 Å². The highest BCUT2D eigenvalue weighted by atomic mass is 32.2. The maximum Gasteiger partial charge on any atom is 0.250 e. The molecule has 0 bridgehead atoms. The molecule has 0 radical (unpaired) electrons. The van der Waals surface area contributed by atoms with Crippen molar-refractivity contribution < 1.29 is 8.42 Å². The quantitative estimate of drug-likeness (QED) is 0.855. The molecule has 19 heavy (non-hydrogen) atoms. The molecule has 0 aliphatic carbocycles.